The maximum atomic E-state index is 9.15. The summed E-state index contributed by atoms with van der Waals surface area (Å²) in [5.41, 5.74) is 3.69. The number of benzene rings is 2. The van der Waals surface area contributed by atoms with E-state index in [0.29, 0.717) is 11.1 Å². The van der Waals surface area contributed by atoms with E-state index in [1.807, 2.05) is 31.2 Å². The predicted molar refractivity (Wildman–Crippen MR) is 70.0 cm³/mol. The largest absolute Gasteiger partial charge is 0.354 e. The zero-order chi connectivity index (χ0) is 12.7. The van der Waals surface area contributed by atoms with Gasteiger partial charge >= 0.3 is 0 Å². The van der Waals surface area contributed by atoms with Crippen LogP contribution in [0.5, 0.6) is 0 Å². The molecule has 3 aromatic rings. The Morgan fingerprint density at radius 1 is 1.06 bits per heavy atom. The van der Waals surface area contributed by atoms with Crippen LogP contribution in [-0.2, 0) is 0 Å². The molecule has 0 saturated heterocycles. The Bertz CT molecular complexity index is 857. The number of aromatic amines is 1. The standard InChI is InChI=1S/C15H9N3/c1-9-13(8-17)10(7-16)6-12-11-4-2-3-5-14(11)18-15(9)12/h2-6,18H,1H3. The van der Waals surface area contributed by atoms with Crippen molar-refractivity contribution in [3.05, 3.63) is 47.0 Å². The first-order valence-corrected chi connectivity index (χ1v) is 5.60. The van der Waals surface area contributed by atoms with Crippen LogP contribution < -0.4 is 0 Å². The number of hydrogen-bond acceptors (Lipinski definition) is 2. The first kappa shape index (κ1) is 10.4. The van der Waals surface area contributed by atoms with Gasteiger partial charge in [0, 0.05) is 16.3 Å². The first-order valence-electron chi connectivity index (χ1n) is 5.60. The monoisotopic (exact) mass is 231 g/mol. The molecule has 0 spiro atoms. The van der Waals surface area contributed by atoms with E-state index in [-0.39, 0.29) is 0 Å². The molecular formula is C15H9N3. The molecule has 3 nitrogen and oxygen atoms in total. The minimum absolute atomic E-state index is 0.437. The van der Waals surface area contributed by atoms with E-state index in [1.165, 1.54) is 0 Å². The van der Waals surface area contributed by atoms with Crippen LogP contribution in [-0.4, -0.2) is 4.98 Å². The average Bonchev–Trinajstić information content (AvgIpc) is 2.77. The Morgan fingerprint density at radius 3 is 2.56 bits per heavy atom. The van der Waals surface area contributed by atoms with Gasteiger partial charge in [0.1, 0.15) is 12.1 Å². The number of para-hydroxylation sites is 1. The fourth-order valence-corrected chi connectivity index (χ4v) is 2.39. The van der Waals surface area contributed by atoms with Crippen LogP contribution in [0.4, 0.5) is 0 Å². The van der Waals surface area contributed by atoms with Crippen molar-refractivity contribution in [1.82, 2.24) is 4.98 Å². The molecule has 3 heteroatoms. The van der Waals surface area contributed by atoms with Crippen molar-refractivity contribution >= 4 is 21.8 Å². The third kappa shape index (κ3) is 1.22. The van der Waals surface area contributed by atoms with E-state index in [0.717, 1.165) is 27.4 Å². The molecule has 0 aliphatic rings. The van der Waals surface area contributed by atoms with E-state index < -0.39 is 0 Å². The average molecular weight is 231 g/mol. The molecule has 18 heavy (non-hydrogen) atoms. The molecule has 0 aliphatic carbocycles. The van der Waals surface area contributed by atoms with E-state index in [4.69, 9.17) is 10.5 Å². The summed E-state index contributed by atoms with van der Waals surface area (Å²) < 4.78 is 0. The summed E-state index contributed by atoms with van der Waals surface area (Å²) in [6.07, 6.45) is 0. The van der Waals surface area contributed by atoms with Gasteiger partial charge in [-0.25, -0.2) is 0 Å². The van der Waals surface area contributed by atoms with Crippen LogP contribution in [0.1, 0.15) is 16.7 Å². The van der Waals surface area contributed by atoms with Gasteiger partial charge in [-0.3, -0.25) is 0 Å². The summed E-state index contributed by atoms with van der Waals surface area (Å²) in [6.45, 7) is 1.87. The number of rotatable bonds is 0. The molecule has 84 valence electrons. The maximum Gasteiger partial charge on any atom is 0.101 e. The zero-order valence-electron chi connectivity index (χ0n) is 9.78. The van der Waals surface area contributed by atoms with Gasteiger partial charge in [-0.1, -0.05) is 18.2 Å². The van der Waals surface area contributed by atoms with Gasteiger partial charge in [0.2, 0.25) is 0 Å². The van der Waals surface area contributed by atoms with E-state index in [9.17, 15) is 0 Å². The Balaban J connectivity index is 2.60. The normalized spacial score (nSPS) is 10.4. The van der Waals surface area contributed by atoms with Crippen molar-refractivity contribution in [1.29, 1.82) is 10.5 Å². The second kappa shape index (κ2) is 3.61. The van der Waals surface area contributed by atoms with Crippen molar-refractivity contribution in [3.8, 4) is 12.1 Å². The van der Waals surface area contributed by atoms with Gasteiger partial charge < -0.3 is 4.98 Å². The lowest BCUT2D eigenvalue weighted by molar-refractivity contribution is 1.37. The van der Waals surface area contributed by atoms with E-state index in [2.05, 4.69) is 17.1 Å². The fourth-order valence-electron chi connectivity index (χ4n) is 2.39. The highest BCUT2D eigenvalue weighted by Gasteiger charge is 2.13. The molecule has 0 fully saturated rings. The van der Waals surface area contributed by atoms with Crippen molar-refractivity contribution in [3.63, 3.8) is 0 Å². The van der Waals surface area contributed by atoms with Crippen molar-refractivity contribution < 1.29 is 0 Å². The van der Waals surface area contributed by atoms with E-state index in [1.54, 1.807) is 6.07 Å². The lowest BCUT2D eigenvalue weighted by Gasteiger charge is -2.01. The summed E-state index contributed by atoms with van der Waals surface area (Å²) in [7, 11) is 0. The molecule has 1 heterocycles. The minimum atomic E-state index is 0.437. The molecule has 3 rings (SSSR count). The zero-order valence-corrected chi connectivity index (χ0v) is 9.78. The third-order valence-electron chi connectivity index (χ3n) is 3.29. The number of nitrogens with zero attached hydrogens (tertiary/aromatic N) is 2. The molecule has 0 amide bonds. The minimum Gasteiger partial charge on any atom is -0.354 e. The highest BCUT2D eigenvalue weighted by atomic mass is 14.7. The second-order valence-electron chi connectivity index (χ2n) is 4.24. The summed E-state index contributed by atoms with van der Waals surface area (Å²) in [4.78, 5) is 3.31. The Labute approximate surface area is 104 Å². The number of nitriles is 2. The van der Waals surface area contributed by atoms with Crippen LogP contribution in [0.3, 0.4) is 0 Å². The van der Waals surface area contributed by atoms with Crippen LogP contribution in [0.15, 0.2) is 30.3 Å². The number of H-pyrrole nitrogens is 1. The smallest absolute Gasteiger partial charge is 0.101 e. The molecule has 0 radical (unpaired) electrons. The quantitative estimate of drug-likeness (QED) is 0.644. The molecular weight excluding hydrogens is 222 g/mol. The Hall–Kier alpha value is -2.78. The molecule has 0 unspecified atom stereocenters. The predicted octanol–water partition coefficient (Wildman–Crippen LogP) is 3.37. The van der Waals surface area contributed by atoms with Crippen LogP contribution in [0.25, 0.3) is 21.8 Å². The first-order chi connectivity index (χ1) is 8.76. The highest BCUT2D eigenvalue weighted by Crippen LogP contribution is 2.30. The van der Waals surface area contributed by atoms with Gasteiger partial charge in [0.25, 0.3) is 0 Å². The number of nitrogens with one attached hydrogen (secondary N) is 1. The van der Waals surface area contributed by atoms with Gasteiger partial charge in [0.15, 0.2) is 0 Å². The molecule has 0 bridgehead atoms. The summed E-state index contributed by atoms with van der Waals surface area (Å²) in [5, 5.41) is 20.4. The molecule has 0 atom stereocenters. The SMILES string of the molecule is Cc1c(C#N)c(C#N)cc2c1[nH]c1ccccc12. The lowest BCUT2D eigenvalue weighted by Crippen LogP contribution is -1.90. The van der Waals surface area contributed by atoms with Crippen LogP contribution in [0.2, 0.25) is 0 Å². The number of aromatic nitrogens is 1. The summed E-state index contributed by atoms with van der Waals surface area (Å²) >= 11 is 0. The van der Waals surface area contributed by atoms with Crippen LogP contribution in [0, 0.1) is 29.6 Å². The molecule has 2 aromatic carbocycles. The number of hydrogen-bond donors (Lipinski definition) is 1. The van der Waals surface area contributed by atoms with Crippen molar-refractivity contribution in [2.24, 2.45) is 0 Å². The van der Waals surface area contributed by atoms with Crippen LogP contribution >= 0.6 is 0 Å². The van der Waals surface area contributed by atoms with Gasteiger partial charge in [-0.2, -0.15) is 10.5 Å². The van der Waals surface area contributed by atoms with Crippen molar-refractivity contribution in [2.75, 3.05) is 0 Å². The maximum absolute atomic E-state index is 9.15. The second-order valence-corrected chi connectivity index (χ2v) is 4.24. The van der Waals surface area contributed by atoms with Gasteiger partial charge in [-0.15, -0.1) is 0 Å². The lowest BCUT2D eigenvalue weighted by atomic mass is 9.99. The number of fused-ring (bicyclic) bond motifs is 3. The highest BCUT2D eigenvalue weighted by molar-refractivity contribution is 6.09. The van der Waals surface area contributed by atoms with E-state index >= 15 is 0 Å². The fraction of sp³-hybridized carbons (Fsp3) is 0.0667. The summed E-state index contributed by atoms with van der Waals surface area (Å²) in [6, 6.07) is 13.9. The van der Waals surface area contributed by atoms with Gasteiger partial charge in [0.05, 0.1) is 16.6 Å². The molecule has 0 saturated carbocycles. The van der Waals surface area contributed by atoms with Gasteiger partial charge in [-0.05, 0) is 24.6 Å². The molecule has 0 aliphatic heterocycles. The van der Waals surface area contributed by atoms with Crippen molar-refractivity contribution in [2.45, 2.75) is 6.92 Å². The molecule has 1 aromatic heterocycles. The third-order valence-corrected chi connectivity index (χ3v) is 3.29. The Morgan fingerprint density at radius 2 is 1.83 bits per heavy atom. The summed E-state index contributed by atoms with van der Waals surface area (Å²) in [5.74, 6) is 0. The number of aryl methyl sites for hydroxylation is 1. The Kier molecular flexibility index (Phi) is 2.08. The molecule has 1 N–H and O–H groups in total. The topological polar surface area (TPSA) is 63.4 Å².